The molecule has 0 unspecified atom stereocenters. The zero-order valence-electron chi connectivity index (χ0n) is 15.5. The average molecular weight is 367 g/mol. The van der Waals surface area contributed by atoms with Gasteiger partial charge >= 0.3 is 16.3 Å². The van der Waals surface area contributed by atoms with Crippen molar-refractivity contribution < 1.29 is 22.5 Å². The minimum Gasteiger partial charge on any atom is -0.443 e. The number of amides is 1. The highest BCUT2D eigenvalue weighted by atomic mass is 32.2. The van der Waals surface area contributed by atoms with Gasteiger partial charge in [0.05, 0.1) is 0 Å². The van der Waals surface area contributed by atoms with Crippen molar-refractivity contribution in [2.45, 2.75) is 71.7 Å². The van der Waals surface area contributed by atoms with E-state index in [1.807, 2.05) is 33.9 Å². The van der Waals surface area contributed by atoms with Gasteiger partial charge in [0.15, 0.2) is 0 Å². The van der Waals surface area contributed by atoms with Crippen LogP contribution in [-0.2, 0) is 19.5 Å². The van der Waals surface area contributed by atoms with Gasteiger partial charge in [0, 0.05) is 13.1 Å². The molecule has 0 aromatic carbocycles. The van der Waals surface area contributed by atoms with Crippen LogP contribution < -0.4 is 0 Å². The van der Waals surface area contributed by atoms with E-state index in [1.165, 1.54) is 0 Å². The molecule has 0 aromatic rings. The Bertz CT molecular complexity index is 548. The minimum absolute atomic E-state index is 0.106. The molecule has 9 heteroatoms. The van der Waals surface area contributed by atoms with E-state index in [0.717, 1.165) is 8.77 Å². The number of hydrogen-bond acceptors (Lipinski definition) is 5. The number of hydroxylamine groups is 1. The van der Waals surface area contributed by atoms with Crippen LogP contribution in [0.4, 0.5) is 4.79 Å². The molecule has 136 valence electrons. The van der Waals surface area contributed by atoms with Crippen molar-refractivity contribution in [2.75, 3.05) is 13.1 Å². The Morgan fingerprint density at radius 3 is 2.00 bits per heavy atom. The quantitative estimate of drug-likeness (QED) is 0.702. The normalized spacial score (nSPS) is 20.4. The van der Waals surface area contributed by atoms with Crippen LogP contribution in [0.1, 0.15) is 48.0 Å². The first-order valence-corrected chi connectivity index (χ1v) is 12.1. The third-order valence-corrected chi connectivity index (χ3v) is 10.1. The summed E-state index contributed by atoms with van der Waals surface area (Å²) in [4.78, 5) is 12.2. The lowest BCUT2D eigenvalue weighted by Gasteiger charge is -2.42. The molecule has 0 aromatic heterocycles. The molecule has 0 bridgehead atoms. The van der Waals surface area contributed by atoms with Crippen molar-refractivity contribution >= 4 is 24.6 Å². The van der Waals surface area contributed by atoms with Crippen molar-refractivity contribution in [3.05, 3.63) is 0 Å². The molecule has 7 nitrogen and oxygen atoms in total. The fourth-order valence-electron chi connectivity index (χ4n) is 1.67. The molecule has 1 heterocycles. The van der Waals surface area contributed by atoms with Crippen LogP contribution in [0.5, 0.6) is 0 Å². The van der Waals surface area contributed by atoms with Crippen molar-refractivity contribution in [1.29, 1.82) is 0 Å². The van der Waals surface area contributed by atoms with E-state index in [2.05, 4.69) is 0 Å². The van der Waals surface area contributed by atoms with Crippen LogP contribution in [0.2, 0.25) is 18.1 Å². The maximum Gasteiger partial charge on any atom is 0.425 e. The van der Waals surface area contributed by atoms with Gasteiger partial charge in [0.2, 0.25) is 8.32 Å². The molecular weight excluding hydrogens is 336 g/mol. The molecule has 0 spiro atoms. The molecule has 0 radical (unpaired) electrons. The summed E-state index contributed by atoms with van der Waals surface area (Å²) in [6.45, 7) is 15.5. The van der Waals surface area contributed by atoms with Crippen LogP contribution in [0.15, 0.2) is 0 Å². The summed E-state index contributed by atoms with van der Waals surface area (Å²) in [7, 11) is -6.35. The number of carbonyl (C=O) groups is 1. The average Bonchev–Trinajstić information content (AvgIpc) is 2.27. The van der Waals surface area contributed by atoms with Crippen LogP contribution in [-0.4, -0.2) is 50.3 Å². The minimum atomic E-state index is -4.02. The maximum atomic E-state index is 12.7. The van der Waals surface area contributed by atoms with E-state index >= 15 is 0 Å². The second kappa shape index (κ2) is 6.34. The van der Waals surface area contributed by atoms with Gasteiger partial charge in [-0.1, -0.05) is 25.2 Å². The first-order valence-electron chi connectivity index (χ1n) is 7.80. The third-order valence-electron chi connectivity index (χ3n) is 3.97. The molecule has 1 amide bonds. The standard InChI is InChI=1S/C14H30N2O5SSi/c1-13(2,3)20-12(17)15-10-9-11-16(22(15,18)19)21-23(7,8)14(4,5)6/h9-11H2,1-8H3. The van der Waals surface area contributed by atoms with Crippen LogP contribution in [0, 0.1) is 0 Å². The summed E-state index contributed by atoms with van der Waals surface area (Å²) in [5.41, 5.74) is -0.755. The SMILES string of the molecule is CC(C)(C)OC(=O)N1CCCN(O[Si](C)(C)C(C)(C)C)S1(=O)=O. The second-order valence-electron chi connectivity index (χ2n) is 8.29. The molecule has 0 aliphatic carbocycles. The summed E-state index contributed by atoms with van der Waals surface area (Å²) in [5, 5.41) is -0.142. The monoisotopic (exact) mass is 366 g/mol. The highest BCUT2D eigenvalue weighted by Crippen LogP contribution is 2.38. The Morgan fingerprint density at radius 1 is 1.04 bits per heavy atom. The summed E-state index contributed by atoms with van der Waals surface area (Å²) < 4.78 is 38.2. The predicted molar refractivity (Wildman–Crippen MR) is 91.5 cm³/mol. The van der Waals surface area contributed by atoms with Gasteiger partial charge in [-0.25, -0.2) is 4.79 Å². The maximum absolute atomic E-state index is 12.7. The zero-order chi connectivity index (χ0) is 18.3. The van der Waals surface area contributed by atoms with E-state index in [-0.39, 0.29) is 18.1 Å². The smallest absolute Gasteiger partial charge is 0.425 e. The highest BCUT2D eigenvalue weighted by molar-refractivity contribution is 7.87. The lowest BCUT2D eigenvalue weighted by Crippen LogP contribution is -2.57. The van der Waals surface area contributed by atoms with E-state index < -0.39 is 30.2 Å². The molecule has 1 saturated heterocycles. The van der Waals surface area contributed by atoms with E-state index in [1.54, 1.807) is 20.8 Å². The fraction of sp³-hybridized carbons (Fsp3) is 0.929. The Balaban J connectivity index is 3.00. The molecule has 0 atom stereocenters. The number of nitrogens with zero attached hydrogens (tertiary/aromatic N) is 2. The molecule has 1 aliphatic rings. The van der Waals surface area contributed by atoms with E-state index in [9.17, 15) is 13.2 Å². The van der Waals surface area contributed by atoms with Crippen molar-refractivity contribution in [3.8, 4) is 0 Å². The lowest BCUT2D eigenvalue weighted by atomic mass is 10.2. The molecule has 23 heavy (non-hydrogen) atoms. The van der Waals surface area contributed by atoms with E-state index in [0.29, 0.717) is 6.42 Å². The zero-order valence-corrected chi connectivity index (χ0v) is 17.3. The summed E-state index contributed by atoms with van der Waals surface area (Å²) in [5.74, 6) is 0. The van der Waals surface area contributed by atoms with Gasteiger partial charge in [-0.05, 0) is 45.3 Å². The second-order valence-corrected chi connectivity index (χ2v) is 14.7. The number of ether oxygens (including phenoxy) is 1. The summed E-state index contributed by atoms with van der Waals surface area (Å²) in [6.07, 6.45) is -0.353. The van der Waals surface area contributed by atoms with Gasteiger partial charge < -0.3 is 9.26 Å². The first kappa shape index (κ1) is 20.4. The van der Waals surface area contributed by atoms with Gasteiger partial charge in [0.1, 0.15) is 5.60 Å². The molecule has 0 saturated carbocycles. The van der Waals surface area contributed by atoms with Gasteiger partial charge in [0.25, 0.3) is 0 Å². The summed E-state index contributed by atoms with van der Waals surface area (Å²) in [6, 6.07) is 0. The van der Waals surface area contributed by atoms with Crippen LogP contribution >= 0.6 is 0 Å². The topological polar surface area (TPSA) is 76.2 Å². The Labute approximate surface area is 141 Å². The highest BCUT2D eigenvalue weighted by Gasteiger charge is 2.46. The predicted octanol–water partition coefficient (Wildman–Crippen LogP) is 3.11. The Hall–Kier alpha value is -0.643. The first-order chi connectivity index (χ1) is 10.1. The molecule has 0 N–H and O–H groups in total. The van der Waals surface area contributed by atoms with Crippen LogP contribution in [0.25, 0.3) is 0 Å². The van der Waals surface area contributed by atoms with Crippen LogP contribution in [0.3, 0.4) is 0 Å². The Kier molecular flexibility index (Phi) is 5.63. The largest absolute Gasteiger partial charge is 0.443 e. The number of rotatable bonds is 2. The molecule has 1 rings (SSSR count). The lowest BCUT2D eigenvalue weighted by molar-refractivity contribution is -0.00870. The third kappa shape index (κ3) is 4.91. The number of carbonyl (C=O) groups excluding carboxylic acids is 1. The fourth-order valence-corrected chi connectivity index (χ4v) is 4.64. The number of hydrogen-bond donors (Lipinski definition) is 0. The molecule has 1 aliphatic heterocycles. The van der Waals surface area contributed by atoms with Gasteiger partial charge in [-0.2, -0.15) is 12.7 Å². The van der Waals surface area contributed by atoms with E-state index in [4.69, 9.17) is 9.26 Å². The summed E-state index contributed by atoms with van der Waals surface area (Å²) >= 11 is 0. The van der Waals surface area contributed by atoms with Gasteiger partial charge in [-0.3, -0.25) is 0 Å². The molecule has 1 fully saturated rings. The van der Waals surface area contributed by atoms with Gasteiger partial charge in [-0.15, -0.1) is 0 Å². The molecular formula is C14H30N2O5SSi. The van der Waals surface area contributed by atoms with Crippen molar-refractivity contribution in [3.63, 3.8) is 0 Å². The Morgan fingerprint density at radius 2 is 1.57 bits per heavy atom. The van der Waals surface area contributed by atoms with Crippen molar-refractivity contribution in [2.24, 2.45) is 0 Å². The van der Waals surface area contributed by atoms with Crippen molar-refractivity contribution in [1.82, 2.24) is 8.77 Å².